The minimum Gasteiger partial charge on any atom is -0.390 e. The minimum absolute atomic E-state index is 0.155. The molecule has 2 aliphatic rings. The Kier molecular flexibility index (Phi) is 1.24. The van der Waals surface area contributed by atoms with E-state index in [1.165, 1.54) is 12.8 Å². The first-order valence-corrected chi connectivity index (χ1v) is 3.67. The molecule has 0 spiro atoms. The number of fused-ring (bicyclic) bond motifs is 1. The van der Waals surface area contributed by atoms with Gasteiger partial charge in [0.2, 0.25) is 0 Å². The van der Waals surface area contributed by atoms with Crippen LogP contribution in [0.25, 0.3) is 0 Å². The third kappa shape index (κ3) is 0.775. The van der Waals surface area contributed by atoms with Crippen LogP contribution in [0.5, 0.6) is 0 Å². The summed E-state index contributed by atoms with van der Waals surface area (Å²) in [6.07, 6.45) is 3.34. The highest BCUT2D eigenvalue weighted by Crippen LogP contribution is 2.35. The van der Waals surface area contributed by atoms with Crippen LogP contribution < -0.4 is 0 Å². The molecule has 3 atom stereocenters. The molecule has 52 valence electrons. The van der Waals surface area contributed by atoms with Crippen molar-refractivity contribution >= 4 is 0 Å². The van der Waals surface area contributed by atoms with Gasteiger partial charge in [0.25, 0.3) is 0 Å². The molecule has 2 fully saturated rings. The number of hydrogen-bond acceptors (Lipinski definition) is 2. The van der Waals surface area contributed by atoms with Crippen molar-refractivity contribution in [3.8, 4) is 0 Å². The summed E-state index contributed by atoms with van der Waals surface area (Å²) in [5.41, 5.74) is 0. The molecule has 0 radical (unpaired) electrons. The molecule has 0 aromatic heterocycles. The van der Waals surface area contributed by atoms with Crippen LogP contribution in [0.1, 0.15) is 19.3 Å². The Labute approximate surface area is 54.8 Å². The summed E-state index contributed by atoms with van der Waals surface area (Å²) in [5, 5.41) is 9.27. The molecule has 0 aromatic carbocycles. The van der Waals surface area contributed by atoms with E-state index in [2.05, 4.69) is 0 Å². The van der Waals surface area contributed by atoms with Crippen molar-refractivity contribution < 1.29 is 9.84 Å². The first kappa shape index (κ1) is 5.69. The average Bonchev–Trinajstić information content (AvgIpc) is 2.35. The van der Waals surface area contributed by atoms with Crippen LogP contribution in [0.2, 0.25) is 0 Å². The normalized spacial score (nSPS) is 49.7. The van der Waals surface area contributed by atoms with Crippen molar-refractivity contribution in [3.63, 3.8) is 0 Å². The van der Waals surface area contributed by atoms with Crippen molar-refractivity contribution in [3.05, 3.63) is 0 Å². The standard InChI is InChI=1S/C7H12O2/c8-6-2-1-5-3-4-9-7(5)6/h5-8H,1-4H2. The van der Waals surface area contributed by atoms with Gasteiger partial charge >= 0.3 is 0 Å². The van der Waals surface area contributed by atoms with Crippen molar-refractivity contribution in [2.45, 2.75) is 31.5 Å². The number of rotatable bonds is 0. The van der Waals surface area contributed by atoms with Gasteiger partial charge < -0.3 is 9.84 Å². The van der Waals surface area contributed by atoms with Gasteiger partial charge in [-0.1, -0.05) is 0 Å². The summed E-state index contributed by atoms with van der Waals surface area (Å²) >= 11 is 0. The van der Waals surface area contributed by atoms with E-state index in [0.29, 0.717) is 5.92 Å². The lowest BCUT2D eigenvalue weighted by molar-refractivity contribution is 0.00674. The summed E-state index contributed by atoms with van der Waals surface area (Å²) in [5.74, 6) is 0.681. The lowest BCUT2D eigenvalue weighted by Gasteiger charge is -2.10. The van der Waals surface area contributed by atoms with Crippen LogP contribution in [0, 0.1) is 5.92 Å². The number of aliphatic hydroxyl groups is 1. The zero-order chi connectivity index (χ0) is 6.27. The van der Waals surface area contributed by atoms with E-state index >= 15 is 0 Å². The van der Waals surface area contributed by atoms with Gasteiger partial charge in [-0.15, -0.1) is 0 Å². The van der Waals surface area contributed by atoms with Crippen LogP contribution in [0.15, 0.2) is 0 Å². The molecular weight excluding hydrogens is 116 g/mol. The molecule has 1 saturated carbocycles. The highest BCUT2D eigenvalue weighted by molar-refractivity contribution is 4.88. The second-order valence-corrected chi connectivity index (χ2v) is 3.03. The Morgan fingerprint density at radius 2 is 2.11 bits per heavy atom. The minimum atomic E-state index is -0.155. The second-order valence-electron chi connectivity index (χ2n) is 3.03. The van der Waals surface area contributed by atoms with Crippen molar-refractivity contribution in [2.75, 3.05) is 6.61 Å². The maximum atomic E-state index is 9.27. The molecule has 0 amide bonds. The van der Waals surface area contributed by atoms with Crippen molar-refractivity contribution in [1.82, 2.24) is 0 Å². The molecule has 2 nitrogen and oxygen atoms in total. The fourth-order valence-corrected chi connectivity index (χ4v) is 1.94. The van der Waals surface area contributed by atoms with E-state index in [4.69, 9.17) is 4.74 Å². The molecule has 3 unspecified atom stereocenters. The van der Waals surface area contributed by atoms with E-state index in [0.717, 1.165) is 13.0 Å². The van der Waals surface area contributed by atoms with Crippen LogP contribution in [-0.2, 0) is 4.74 Å². The van der Waals surface area contributed by atoms with Gasteiger partial charge in [0.05, 0.1) is 12.2 Å². The predicted octanol–water partition coefficient (Wildman–Crippen LogP) is 0.546. The zero-order valence-electron chi connectivity index (χ0n) is 5.42. The summed E-state index contributed by atoms with van der Waals surface area (Å²) in [7, 11) is 0. The fraction of sp³-hybridized carbons (Fsp3) is 1.00. The van der Waals surface area contributed by atoms with Crippen LogP contribution in [-0.4, -0.2) is 23.9 Å². The molecule has 0 aromatic rings. The quantitative estimate of drug-likeness (QED) is 0.516. The SMILES string of the molecule is OC1CCC2CCOC12. The number of ether oxygens (including phenoxy) is 1. The fourth-order valence-electron chi connectivity index (χ4n) is 1.94. The van der Waals surface area contributed by atoms with Gasteiger partial charge in [0.15, 0.2) is 0 Å². The van der Waals surface area contributed by atoms with Crippen molar-refractivity contribution in [2.24, 2.45) is 5.92 Å². The molecule has 1 heterocycles. The lowest BCUT2D eigenvalue weighted by Crippen LogP contribution is -2.22. The largest absolute Gasteiger partial charge is 0.390 e. The van der Waals surface area contributed by atoms with E-state index in [9.17, 15) is 5.11 Å². The second kappa shape index (κ2) is 1.96. The van der Waals surface area contributed by atoms with Crippen molar-refractivity contribution in [1.29, 1.82) is 0 Å². The van der Waals surface area contributed by atoms with Crippen LogP contribution in [0.3, 0.4) is 0 Å². The first-order chi connectivity index (χ1) is 4.38. The Morgan fingerprint density at radius 3 is 2.89 bits per heavy atom. The number of hydrogen-bond donors (Lipinski definition) is 1. The molecule has 2 rings (SSSR count). The van der Waals surface area contributed by atoms with Gasteiger partial charge in [0.1, 0.15) is 0 Å². The lowest BCUT2D eigenvalue weighted by atomic mass is 10.1. The molecule has 0 bridgehead atoms. The highest BCUT2D eigenvalue weighted by Gasteiger charge is 2.39. The molecular formula is C7H12O2. The molecule has 1 aliphatic carbocycles. The summed E-state index contributed by atoms with van der Waals surface area (Å²) < 4.78 is 5.34. The van der Waals surface area contributed by atoms with Crippen LogP contribution >= 0.6 is 0 Å². The third-order valence-corrected chi connectivity index (χ3v) is 2.48. The number of aliphatic hydroxyl groups excluding tert-OH is 1. The molecule has 1 aliphatic heterocycles. The Hall–Kier alpha value is -0.0800. The van der Waals surface area contributed by atoms with Gasteiger partial charge in [-0.2, -0.15) is 0 Å². The molecule has 1 N–H and O–H groups in total. The van der Waals surface area contributed by atoms with Gasteiger partial charge in [-0.25, -0.2) is 0 Å². The average molecular weight is 128 g/mol. The van der Waals surface area contributed by atoms with Crippen LogP contribution in [0.4, 0.5) is 0 Å². The van der Waals surface area contributed by atoms with E-state index < -0.39 is 0 Å². The predicted molar refractivity (Wildman–Crippen MR) is 33.1 cm³/mol. The Morgan fingerprint density at radius 1 is 1.22 bits per heavy atom. The smallest absolute Gasteiger partial charge is 0.0862 e. The third-order valence-electron chi connectivity index (χ3n) is 2.48. The maximum absolute atomic E-state index is 9.27. The van der Waals surface area contributed by atoms with Gasteiger partial charge in [-0.05, 0) is 25.2 Å². The molecule has 2 heteroatoms. The Balaban J connectivity index is 2.07. The Bertz CT molecular complexity index is 113. The van der Waals surface area contributed by atoms with E-state index in [1.54, 1.807) is 0 Å². The van der Waals surface area contributed by atoms with Gasteiger partial charge in [-0.3, -0.25) is 0 Å². The highest BCUT2D eigenvalue weighted by atomic mass is 16.5. The molecule has 9 heavy (non-hydrogen) atoms. The summed E-state index contributed by atoms with van der Waals surface area (Å²) in [6.45, 7) is 0.867. The summed E-state index contributed by atoms with van der Waals surface area (Å²) in [4.78, 5) is 0. The van der Waals surface area contributed by atoms with E-state index in [-0.39, 0.29) is 12.2 Å². The van der Waals surface area contributed by atoms with Gasteiger partial charge in [0, 0.05) is 6.61 Å². The topological polar surface area (TPSA) is 29.5 Å². The first-order valence-electron chi connectivity index (χ1n) is 3.67. The zero-order valence-corrected chi connectivity index (χ0v) is 5.42. The molecule has 1 saturated heterocycles. The van der Waals surface area contributed by atoms with E-state index in [1.807, 2.05) is 0 Å². The monoisotopic (exact) mass is 128 g/mol. The summed E-state index contributed by atoms with van der Waals surface area (Å²) in [6, 6.07) is 0. The maximum Gasteiger partial charge on any atom is 0.0862 e.